The number of hydrogen-bond acceptors (Lipinski definition) is 9. The molecule has 2 atom stereocenters. The fourth-order valence-electron chi connectivity index (χ4n) is 3.90. The second-order valence-electron chi connectivity index (χ2n) is 7.67. The average molecular weight is 515 g/mol. The van der Waals surface area contributed by atoms with Crippen LogP contribution >= 0.6 is 21.6 Å². The van der Waals surface area contributed by atoms with Gasteiger partial charge in [-0.1, -0.05) is 64.1 Å². The molecule has 35 heavy (non-hydrogen) atoms. The molecule has 0 aromatic heterocycles. The number of aliphatic imine (C=N–C) groups is 1. The highest BCUT2D eigenvalue weighted by Crippen LogP contribution is 2.42. The number of esters is 2. The molecule has 0 bridgehead atoms. The average Bonchev–Trinajstić information content (AvgIpc) is 2.86. The molecule has 0 N–H and O–H groups in total. The van der Waals surface area contributed by atoms with E-state index in [-0.39, 0.29) is 17.9 Å². The van der Waals surface area contributed by atoms with Crippen LogP contribution in [-0.4, -0.2) is 42.0 Å². The molecule has 0 saturated carbocycles. The van der Waals surface area contributed by atoms with Crippen LogP contribution in [0.25, 0.3) is 0 Å². The summed E-state index contributed by atoms with van der Waals surface area (Å²) in [5.74, 6) is -1.74. The minimum Gasteiger partial charge on any atom is -0.468 e. The summed E-state index contributed by atoms with van der Waals surface area (Å²) in [5.41, 5.74) is 2.68. The molecule has 3 rings (SSSR count). The van der Waals surface area contributed by atoms with E-state index in [1.54, 1.807) is 30.7 Å². The summed E-state index contributed by atoms with van der Waals surface area (Å²) in [5, 5.41) is 11.4. The molecule has 0 fully saturated rings. The van der Waals surface area contributed by atoms with Crippen molar-refractivity contribution < 1.29 is 24.0 Å². The third-order valence-corrected chi connectivity index (χ3v) is 7.67. The van der Waals surface area contributed by atoms with Gasteiger partial charge in [0, 0.05) is 35.3 Å². The van der Waals surface area contributed by atoms with Gasteiger partial charge in [-0.25, -0.2) is 4.79 Å². The summed E-state index contributed by atoms with van der Waals surface area (Å²) in [6.07, 6.45) is 0. The topological polar surface area (TPSA) is 108 Å². The van der Waals surface area contributed by atoms with Crippen LogP contribution in [0, 0.1) is 16.0 Å². The summed E-state index contributed by atoms with van der Waals surface area (Å²) in [6.45, 7) is 3.54. The van der Waals surface area contributed by atoms with E-state index >= 15 is 0 Å². The first-order valence-electron chi connectivity index (χ1n) is 10.9. The Labute approximate surface area is 211 Å². The van der Waals surface area contributed by atoms with Crippen LogP contribution < -0.4 is 0 Å². The van der Waals surface area contributed by atoms with Crippen molar-refractivity contribution in [2.75, 3.05) is 19.5 Å². The van der Waals surface area contributed by atoms with E-state index < -0.39 is 28.7 Å². The van der Waals surface area contributed by atoms with Crippen molar-refractivity contribution in [3.05, 3.63) is 87.1 Å². The van der Waals surface area contributed by atoms with Crippen molar-refractivity contribution in [1.82, 2.24) is 0 Å². The highest BCUT2D eigenvalue weighted by atomic mass is 33.1. The van der Waals surface area contributed by atoms with Crippen LogP contribution in [0.15, 0.2) is 70.9 Å². The lowest BCUT2D eigenvalue weighted by Crippen LogP contribution is -2.36. The van der Waals surface area contributed by atoms with Gasteiger partial charge in [0.1, 0.15) is 5.92 Å². The molecular formula is C25H26N2O6S2. The van der Waals surface area contributed by atoms with Gasteiger partial charge < -0.3 is 9.47 Å². The van der Waals surface area contributed by atoms with Crippen molar-refractivity contribution in [2.45, 2.75) is 25.5 Å². The Kier molecular flexibility index (Phi) is 9.50. The third-order valence-electron chi connectivity index (χ3n) is 5.45. The highest BCUT2D eigenvalue weighted by molar-refractivity contribution is 8.76. The molecule has 0 aliphatic carbocycles. The molecule has 1 heterocycles. The van der Waals surface area contributed by atoms with E-state index in [2.05, 4.69) is 4.99 Å². The Hall–Kier alpha value is -3.11. The first-order chi connectivity index (χ1) is 16.9. The summed E-state index contributed by atoms with van der Waals surface area (Å²) >= 11 is 0. The number of carbonyl (C=O) groups excluding carboxylic acids is 2. The van der Waals surface area contributed by atoms with Crippen LogP contribution in [0.1, 0.15) is 30.9 Å². The highest BCUT2D eigenvalue weighted by Gasteiger charge is 2.43. The van der Waals surface area contributed by atoms with Gasteiger partial charge in [0.15, 0.2) is 0 Å². The number of methoxy groups -OCH3 is 1. The van der Waals surface area contributed by atoms with E-state index in [1.807, 2.05) is 30.3 Å². The lowest BCUT2D eigenvalue weighted by Gasteiger charge is -2.31. The number of ether oxygens (including phenoxy) is 2. The minimum absolute atomic E-state index is 0.135. The fraction of sp³-hybridized carbons (Fsp3) is 0.320. The molecule has 184 valence electrons. The van der Waals surface area contributed by atoms with Crippen molar-refractivity contribution in [3.63, 3.8) is 0 Å². The van der Waals surface area contributed by atoms with Gasteiger partial charge in [0.05, 0.1) is 29.9 Å². The molecule has 10 heteroatoms. The maximum Gasteiger partial charge on any atom is 0.336 e. The Morgan fingerprint density at radius 1 is 1.09 bits per heavy atom. The van der Waals surface area contributed by atoms with Crippen molar-refractivity contribution >= 4 is 44.9 Å². The van der Waals surface area contributed by atoms with Gasteiger partial charge in [-0.3, -0.25) is 19.9 Å². The van der Waals surface area contributed by atoms with E-state index in [9.17, 15) is 19.7 Å². The zero-order chi connectivity index (χ0) is 25.4. The van der Waals surface area contributed by atoms with Crippen molar-refractivity contribution in [2.24, 2.45) is 10.9 Å². The molecule has 0 saturated heterocycles. The Balaban J connectivity index is 2.02. The van der Waals surface area contributed by atoms with Gasteiger partial charge in [-0.2, -0.15) is 0 Å². The number of carbonyl (C=O) groups is 2. The summed E-state index contributed by atoms with van der Waals surface area (Å²) in [4.78, 5) is 41.5. The number of nitro benzene ring substituents is 1. The lowest BCUT2D eigenvalue weighted by atomic mass is 9.75. The minimum atomic E-state index is -0.910. The largest absolute Gasteiger partial charge is 0.468 e. The van der Waals surface area contributed by atoms with Gasteiger partial charge in [-0.05, 0) is 25.0 Å². The first-order valence-corrected chi connectivity index (χ1v) is 13.4. The summed E-state index contributed by atoms with van der Waals surface area (Å²) < 4.78 is 10.4. The van der Waals surface area contributed by atoms with Crippen LogP contribution in [0.4, 0.5) is 5.69 Å². The Morgan fingerprint density at radius 2 is 1.80 bits per heavy atom. The van der Waals surface area contributed by atoms with E-state index in [4.69, 9.17) is 9.47 Å². The number of rotatable bonds is 10. The fourth-order valence-corrected chi connectivity index (χ4v) is 5.97. The van der Waals surface area contributed by atoms with Crippen LogP contribution in [-0.2, 0) is 24.8 Å². The number of non-ortho nitro benzene ring substituents is 1. The molecule has 2 aromatic rings. The Bertz CT molecular complexity index is 1150. The summed E-state index contributed by atoms with van der Waals surface area (Å²) in [6, 6.07) is 16.0. The number of benzene rings is 2. The standard InChI is InChI=1S/C25H26N2O6S2/c1-4-33-25(29)23-20(15-35-34-14-17-9-6-5-7-10-17)26-16(2)21(24(28)32-3)22(23)18-11-8-12-19(13-18)27(30)31/h5-13,21-22H,4,14-15H2,1-3H3. The maximum absolute atomic E-state index is 13.2. The normalized spacial score (nSPS) is 17.5. The van der Waals surface area contributed by atoms with Gasteiger partial charge >= 0.3 is 11.9 Å². The maximum atomic E-state index is 13.2. The SMILES string of the molecule is CCOC(=O)C1=C(CSSCc2ccccc2)N=C(C)C(C(=O)OC)C1c1cccc([N+](=O)[O-])c1. The molecule has 1 aliphatic rings. The molecule has 0 amide bonds. The molecule has 2 aromatic carbocycles. The predicted octanol–water partition coefficient (Wildman–Crippen LogP) is 5.34. The molecular weight excluding hydrogens is 488 g/mol. The number of nitro groups is 1. The second kappa shape index (κ2) is 12.6. The van der Waals surface area contributed by atoms with Gasteiger partial charge in [-0.15, -0.1) is 0 Å². The molecule has 8 nitrogen and oxygen atoms in total. The Morgan fingerprint density at radius 3 is 2.46 bits per heavy atom. The van der Waals surface area contributed by atoms with Crippen LogP contribution in [0.2, 0.25) is 0 Å². The monoisotopic (exact) mass is 514 g/mol. The second-order valence-corrected chi connectivity index (χ2v) is 10.1. The van der Waals surface area contributed by atoms with Crippen LogP contribution in [0.3, 0.4) is 0 Å². The molecule has 1 aliphatic heterocycles. The van der Waals surface area contributed by atoms with Crippen molar-refractivity contribution in [1.29, 1.82) is 0 Å². The molecule has 0 radical (unpaired) electrons. The van der Waals surface area contributed by atoms with Gasteiger partial charge in [0.2, 0.25) is 0 Å². The zero-order valence-corrected chi connectivity index (χ0v) is 21.3. The summed E-state index contributed by atoms with van der Waals surface area (Å²) in [7, 11) is 4.42. The van der Waals surface area contributed by atoms with E-state index in [1.165, 1.54) is 41.7 Å². The van der Waals surface area contributed by atoms with Gasteiger partial charge in [0.25, 0.3) is 5.69 Å². The number of nitrogens with zero attached hydrogens (tertiary/aromatic N) is 2. The van der Waals surface area contributed by atoms with E-state index in [0.29, 0.717) is 22.7 Å². The number of hydrogen-bond donors (Lipinski definition) is 0. The zero-order valence-electron chi connectivity index (χ0n) is 19.6. The first kappa shape index (κ1) is 26.5. The quantitative estimate of drug-likeness (QED) is 0.137. The van der Waals surface area contributed by atoms with E-state index in [0.717, 1.165) is 5.75 Å². The van der Waals surface area contributed by atoms with Crippen LogP contribution in [0.5, 0.6) is 0 Å². The third kappa shape index (κ3) is 6.52. The smallest absolute Gasteiger partial charge is 0.336 e. The predicted molar refractivity (Wildman–Crippen MR) is 138 cm³/mol. The van der Waals surface area contributed by atoms with Crippen molar-refractivity contribution in [3.8, 4) is 0 Å². The molecule has 0 spiro atoms. The molecule has 2 unspecified atom stereocenters. The lowest BCUT2D eigenvalue weighted by molar-refractivity contribution is -0.384.